The van der Waals surface area contributed by atoms with E-state index in [4.69, 9.17) is 21.4 Å². The Kier molecular flexibility index (Phi) is 3.46. The molecule has 1 N–H and O–H groups in total. The normalized spacial score (nSPS) is 11.1. The number of para-hydroxylation sites is 1. The van der Waals surface area contributed by atoms with Gasteiger partial charge in [0.05, 0.1) is 18.2 Å². The summed E-state index contributed by atoms with van der Waals surface area (Å²) in [7, 11) is 1.65. The molecule has 0 radical (unpaired) electrons. The first-order valence-electron chi connectivity index (χ1n) is 7.49. The molecule has 0 unspecified atom stereocenters. The van der Waals surface area contributed by atoms with E-state index in [9.17, 15) is 0 Å². The zero-order valence-corrected chi connectivity index (χ0v) is 14.1. The highest BCUT2D eigenvalue weighted by Gasteiger charge is 2.20. The minimum atomic E-state index is 0.257. The lowest BCUT2D eigenvalue weighted by atomic mass is 10.1. The number of aromatic nitrogens is 3. The van der Waals surface area contributed by atoms with Crippen LogP contribution in [0.15, 0.2) is 52.9 Å². The number of hydrogen-bond acceptors (Lipinski definition) is 4. The third-order valence-corrected chi connectivity index (χ3v) is 4.25. The van der Waals surface area contributed by atoms with E-state index in [0.717, 1.165) is 33.6 Å². The number of ether oxygens (including phenoxy) is 1. The zero-order chi connectivity index (χ0) is 16.7. The molecule has 0 aliphatic carbocycles. The summed E-state index contributed by atoms with van der Waals surface area (Å²) in [6.45, 7) is 2.04. The second kappa shape index (κ2) is 5.65. The smallest absolute Gasteiger partial charge is 0.284 e. The maximum Gasteiger partial charge on any atom is 0.284 e. The molecule has 2 aromatic carbocycles. The highest BCUT2D eigenvalue weighted by atomic mass is 32.1. The molecule has 120 valence electrons. The molecule has 0 aliphatic heterocycles. The van der Waals surface area contributed by atoms with Crippen molar-refractivity contribution in [1.29, 1.82) is 0 Å². The van der Waals surface area contributed by atoms with Gasteiger partial charge in [0.2, 0.25) is 5.89 Å². The lowest BCUT2D eigenvalue weighted by Crippen LogP contribution is -1.96. The van der Waals surface area contributed by atoms with E-state index >= 15 is 0 Å². The molecule has 4 rings (SSSR count). The van der Waals surface area contributed by atoms with Gasteiger partial charge in [0.1, 0.15) is 5.75 Å². The SMILES string of the molecule is COc1ccc2c(c1)c(-c1n[nH]c(=S)o1)c(C)n2-c1ccccc1. The van der Waals surface area contributed by atoms with Crippen LogP contribution in [0.25, 0.3) is 28.0 Å². The summed E-state index contributed by atoms with van der Waals surface area (Å²) < 4.78 is 13.1. The molecule has 0 amide bonds. The molecular formula is C18H15N3O2S. The van der Waals surface area contributed by atoms with Gasteiger partial charge in [0.15, 0.2) is 0 Å². The van der Waals surface area contributed by atoms with Crippen molar-refractivity contribution in [2.75, 3.05) is 7.11 Å². The number of hydrogen-bond donors (Lipinski definition) is 1. The van der Waals surface area contributed by atoms with Crippen molar-refractivity contribution in [2.24, 2.45) is 0 Å². The molecule has 0 atom stereocenters. The van der Waals surface area contributed by atoms with Gasteiger partial charge < -0.3 is 13.7 Å². The number of aromatic amines is 1. The van der Waals surface area contributed by atoms with Crippen LogP contribution in [-0.4, -0.2) is 21.9 Å². The summed E-state index contributed by atoms with van der Waals surface area (Å²) in [5.74, 6) is 1.26. The van der Waals surface area contributed by atoms with Gasteiger partial charge in [0.25, 0.3) is 4.84 Å². The van der Waals surface area contributed by atoms with Gasteiger partial charge in [-0.05, 0) is 49.5 Å². The van der Waals surface area contributed by atoms with E-state index in [2.05, 4.69) is 26.9 Å². The number of nitrogens with one attached hydrogen (secondary N) is 1. The highest BCUT2D eigenvalue weighted by Crippen LogP contribution is 2.37. The van der Waals surface area contributed by atoms with E-state index in [1.165, 1.54) is 0 Å². The molecule has 5 nitrogen and oxygen atoms in total. The van der Waals surface area contributed by atoms with Crippen molar-refractivity contribution in [3.05, 3.63) is 59.1 Å². The predicted molar refractivity (Wildman–Crippen MR) is 95.2 cm³/mol. The minimum absolute atomic E-state index is 0.257. The van der Waals surface area contributed by atoms with Crippen molar-refractivity contribution in [3.8, 4) is 22.9 Å². The zero-order valence-electron chi connectivity index (χ0n) is 13.2. The van der Waals surface area contributed by atoms with E-state index in [-0.39, 0.29) is 4.84 Å². The molecule has 24 heavy (non-hydrogen) atoms. The average molecular weight is 337 g/mol. The third kappa shape index (κ3) is 2.23. The van der Waals surface area contributed by atoms with E-state index in [1.807, 2.05) is 43.3 Å². The fourth-order valence-electron chi connectivity index (χ4n) is 3.04. The fraction of sp³-hybridized carbons (Fsp3) is 0.111. The second-order valence-electron chi connectivity index (χ2n) is 5.43. The topological polar surface area (TPSA) is 56.0 Å². The average Bonchev–Trinajstić information content (AvgIpc) is 3.15. The van der Waals surface area contributed by atoms with Crippen LogP contribution in [0, 0.1) is 11.8 Å². The Bertz CT molecular complexity index is 1080. The molecule has 6 heteroatoms. The largest absolute Gasteiger partial charge is 0.497 e. The first-order chi connectivity index (χ1) is 11.7. The fourth-order valence-corrected chi connectivity index (χ4v) is 3.17. The molecule has 0 bridgehead atoms. The Hall–Kier alpha value is -2.86. The summed E-state index contributed by atoms with van der Waals surface area (Å²) in [6.07, 6.45) is 0. The molecule has 0 saturated carbocycles. The Labute approximate surface area is 143 Å². The monoisotopic (exact) mass is 337 g/mol. The number of nitrogens with zero attached hydrogens (tertiary/aromatic N) is 2. The summed E-state index contributed by atoms with van der Waals surface area (Å²) in [4.78, 5) is 0.257. The Balaban J connectivity index is 2.11. The molecule has 0 saturated heterocycles. The quantitative estimate of drug-likeness (QED) is 0.552. The summed E-state index contributed by atoms with van der Waals surface area (Å²) in [5, 5.41) is 7.90. The first-order valence-corrected chi connectivity index (χ1v) is 7.90. The molecule has 0 fully saturated rings. The van der Waals surface area contributed by atoms with Crippen LogP contribution in [0.1, 0.15) is 5.69 Å². The van der Waals surface area contributed by atoms with Crippen LogP contribution in [-0.2, 0) is 0 Å². The Morgan fingerprint density at radius 3 is 2.62 bits per heavy atom. The predicted octanol–water partition coefficient (Wildman–Crippen LogP) is 4.66. The van der Waals surface area contributed by atoms with Gasteiger partial charge in [0, 0.05) is 16.8 Å². The van der Waals surface area contributed by atoms with Gasteiger partial charge in [-0.2, -0.15) is 0 Å². The van der Waals surface area contributed by atoms with Gasteiger partial charge in [-0.25, -0.2) is 5.10 Å². The molecule has 2 aromatic heterocycles. The van der Waals surface area contributed by atoms with Crippen LogP contribution >= 0.6 is 12.2 Å². The van der Waals surface area contributed by atoms with Crippen molar-refractivity contribution in [3.63, 3.8) is 0 Å². The third-order valence-electron chi connectivity index (χ3n) is 4.08. The van der Waals surface area contributed by atoms with Crippen LogP contribution in [0.3, 0.4) is 0 Å². The summed E-state index contributed by atoms with van der Waals surface area (Å²) in [5.41, 5.74) is 4.05. The Morgan fingerprint density at radius 1 is 1.17 bits per heavy atom. The number of H-pyrrole nitrogens is 1. The number of fused-ring (bicyclic) bond motifs is 1. The maximum atomic E-state index is 5.58. The highest BCUT2D eigenvalue weighted by molar-refractivity contribution is 7.71. The molecular weight excluding hydrogens is 322 g/mol. The van der Waals surface area contributed by atoms with Crippen LogP contribution in [0.2, 0.25) is 0 Å². The molecule has 2 heterocycles. The van der Waals surface area contributed by atoms with Crippen LogP contribution in [0.4, 0.5) is 0 Å². The lowest BCUT2D eigenvalue weighted by molar-refractivity contribution is 0.415. The number of rotatable bonds is 3. The van der Waals surface area contributed by atoms with Crippen molar-refractivity contribution in [1.82, 2.24) is 14.8 Å². The standard InChI is InChI=1S/C18H15N3O2S/c1-11-16(17-19-20-18(24)23-17)14-10-13(22-2)8-9-15(14)21(11)12-6-4-3-5-7-12/h3-10H,1-2H3,(H,20,24). The Morgan fingerprint density at radius 2 is 1.96 bits per heavy atom. The second-order valence-corrected chi connectivity index (χ2v) is 5.80. The van der Waals surface area contributed by atoms with Gasteiger partial charge in [-0.1, -0.05) is 18.2 Å². The number of methoxy groups -OCH3 is 1. The van der Waals surface area contributed by atoms with Crippen molar-refractivity contribution in [2.45, 2.75) is 6.92 Å². The van der Waals surface area contributed by atoms with Gasteiger partial charge in [-0.15, -0.1) is 5.10 Å². The minimum Gasteiger partial charge on any atom is -0.497 e. The molecule has 4 aromatic rings. The molecule has 0 spiro atoms. The first kappa shape index (κ1) is 14.7. The number of benzene rings is 2. The summed E-state index contributed by atoms with van der Waals surface area (Å²) >= 11 is 5.03. The van der Waals surface area contributed by atoms with Crippen molar-refractivity contribution < 1.29 is 9.15 Å². The maximum absolute atomic E-state index is 5.58. The lowest BCUT2D eigenvalue weighted by Gasteiger charge is -2.08. The van der Waals surface area contributed by atoms with E-state index in [0.29, 0.717) is 5.89 Å². The summed E-state index contributed by atoms with van der Waals surface area (Å²) in [6, 6.07) is 16.2. The van der Waals surface area contributed by atoms with Crippen LogP contribution in [0.5, 0.6) is 5.75 Å². The van der Waals surface area contributed by atoms with Crippen LogP contribution < -0.4 is 4.74 Å². The van der Waals surface area contributed by atoms with E-state index < -0.39 is 0 Å². The van der Waals surface area contributed by atoms with Gasteiger partial charge >= 0.3 is 0 Å². The molecule has 0 aliphatic rings. The van der Waals surface area contributed by atoms with E-state index in [1.54, 1.807) is 7.11 Å². The van der Waals surface area contributed by atoms with Gasteiger partial charge in [-0.3, -0.25) is 0 Å². The van der Waals surface area contributed by atoms with Crippen molar-refractivity contribution >= 4 is 23.1 Å².